The number of carbonyl (C=O) groups excluding carboxylic acids is 1. The van der Waals surface area contributed by atoms with Gasteiger partial charge in [-0.1, -0.05) is 30.0 Å². The van der Waals surface area contributed by atoms with E-state index in [1.807, 2.05) is 47.0 Å². The molecule has 0 radical (unpaired) electrons. The summed E-state index contributed by atoms with van der Waals surface area (Å²) in [5.74, 6) is 0.438. The molecule has 1 atom stereocenters. The lowest BCUT2D eigenvalue weighted by atomic mass is 10.2. The maximum Gasteiger partial charge on any atom is 0.319 e. The molecule has 0 spiro atoms. The molecule has 3 rings (SSSR count). The summed E-state index contributed by atoms with van der Waals surface area (Å²) in [6.45, 7) is 3.96. The lowest BCUT2D eigenvalue weighted by Gasteiger charge is -2.13. The van der Waals surface area contributed by atoms with Gasteiger partial charge in [-0.15, -0.1) is 10.2 Å². The second-order valence-electron chi connectivity index (χ2n) is 5.23. The highest BCUT2D eigenvalue weighted by atomic mass is 32.2. The molecule has 3 aromatic rings. The highest BCUT2D eigenvalue weighted by Crippen LogP contribution is 2.30. The van der Waals surface area contributed by atoms with E-state index in [1.54, 1.807) is 26.2 Å². The summed E-state index contributed by atoms with van der Waals surface area (Å²) in [4.78, 5) is 16.0. The molecule has 1 aromatic carbocycles. The number of para-hydroxylation sites is 1. The van der Waals surface area contributed by atoms with Gasteiger partial charge in [-0.25, -0.2) is 0 Å². The van der Waals surface area contributed by atoms with Crippen LogP contribution in [0.1, 0.15) is 13.8 Å². The van der Waals surface area contributed by atoms with Gasteiger partial charge in [0.25, 0.3) is 0 Å². The summed E-state index contributed by atoms with van der Waals surface area (Å²) < 4.78 is 7.03. The molecule has 0 N–H and O–H groups in total. The van der Waals surface area contributed by atoms with Gasteiger partial charge in [0, 0.05) is 23.6 Å². The van der Waals surface area contributed by atoms with Crippen LogP contribution in [0, 0.1) is 0 Å². The predicted octanol–water partition coefficient (Wildman–Crippen LogP) is 3.37. The number of ether oxygens (including phenoxy) is 1. The van der Waals surface area contributed by atoms with Crippen molar-refractivity contribution in [2.45, 2.75) is 24.3 Å². The Balaban J connectivity index is 2.02. The Morgan fingerprint density at radius 2 is 1.88 bits per heavy atom. The fourth-order valence-electron chi connectivity index (χ4n) is 2.31. The number of hydrogen-bond donors (Lipinski definition) is 0. The van der Waals surface area contributed by atoms with Gasteiger partial charge in [0.1, 0.15) is 5.25 Å². The van der Waals surface area contributed by atoms with Crippen molar-refractivity contribution >= 4 is 17.7 Å². The van der Waals surface area contributed by atoms with Crippen LogP contribution in [0.4, 0.5) is 0 Å². The van der Waals surface area contributed by atoms with Crippen LogP contribution in [-0.4, -0.2) is 37.6 Å². The van der Waals surface area contributed by atoms with Crippen LogP contribution < -0.4 is 0 Å². The molecule has 0 aliphatic heterocycles. The van der Waals surface area contributed by atoms with Crippen molar-refractivity contribution < 1.29 is 9.53 Å². The molecular formula is C18H18N4O2S. The van der Waals surface area contributed by atoms with E-state index in [1.165, 1.54) is 11.8 Å². The van der Waals surface area contributed by atoms with Crippen LogP contribution in [-0.2, 0) is 9.53 Å². The van der Waals surface area contributed by atoms with Gasteiger partial charge in [-0.2, -0.15) is 0 Å². The molecule has 128 valence electrons. The Labute approximate surface area is 150 Å². The van der Waals surface area contributed by atoms with Gasteiger partial charge in [0.2, 0.25) is 0 Å². The lowest BCUT2D eigenvalue weighted by Crippen LogP contribution is -2.17. The molecule has 2 heterocycles. The first kappa shape index (κ1) is 17.2. The Morgan fingerprint density at radius 1 is 1.16 bits per heavy atom. The molecule has 7 heteroatoms. The number of esters is 1. The second-order valence-corrected chi connectivity index (χ2v) is 6.53. The first-order chi connectivity index (χ1) is 12.2. The van der Waals surface area contributed by atoms with Crippen LogP contribution in [0.3, 0.4) is 0 Å². The maximum absolute atomic E-state index is 12.0. The third kappa shape index (κ3) is 3.88. The summed E-state index contributed by atoms with van der Waals surface area (Å²) in [6.07, 6.45) is 3.43. The zero-order valence-electron chi connectivity index (χ0n) is 14.0. The lowest BCUT2D eigenvalue weighted by molar-refractivity contribution is -0.142. The minimum Gasteiger partial charge on any atom is -0.465 e. The highest BCUT2D eigenvalue weighted by molar-refractivity contribution is 8.00. The zero-order chi connectivity index (χ0) is 17.6. The van der Waals surface area contributed by atoms with E-state index in [-0.39, 0.29) is 11.2 Å². The zero-order valence-corrected chi connectivity index (χ0v) is 14.8. The Hall–Kier alpha value is -2.67. The molecule has 2 aromatic heterocycles. The van der Waals surface area contributed by atoms with Crippen molar-refractivity contribution in [3.63, 3.8) is 0 Å². The maximum atomic E-state index is 12.0. The van der Waals surface area contributed by atoms with E-state index in [0.717, 1.165) is 11.3 Å². The van der Waals surface area contributed by atoms with E-state index < -0.39 is 0 Å². The minimum atomic E-state index is -0.378. The first-order valence-electron chi connectivity index (χ1n) is 7.95. The number of carbonyl (C=O) groups is 1. The van der Waals surface area contributed by atoms with Crippen LogP contribution in [0.25, 0.3) is 17.1 Å². The molecule has 0 aliphatic carbocycles. The van der Waals surface area contributed by atoms with Gasteiger partial charge in [0.15, 0.2) is 11.0 Å². The van der Waals surface area contributed by atoms with E-state index >= 15 is 0 Å². The number of hydrogen-bond acceptors (Lipinski definition) is 6. The van der Waals surface area contributed by atoms with Crippen LogP contribution in [0.2, 0.25) is 0 Å². The Kier molecular flexibility index (Phi) is 5.45. The minimum absolute atomic E-state index is 0.263. The summed E-state index contributed by atoms with van der Waals surface area (Å²) >= 11 is 1.33. The van der Waals surface area contributed by atoms with E-state index in [9.17, 15) is 4.79 Å². The van der Waals surface area contributed by atoms with Crippen LogP contribution >= 0.6 is 11.8 Å². The van der Waals surface area contributed by atoms with E-state index in [0.29, 0.717) is 17.6 Å². The number of thioether (sulfide) groups is 1. The normalized spacial score (nSPS) is 11.9. The summed E-state index contributed by atoms with van der Waals surface area (Å²) in [7, 11) is 0. The van der Waals surface area contributed by atoms with Gasteiger partial charge in [-0.05, 0) is 38.1 Å². The molecule has 0 fully saturated rings. The summed E-state index contributed by atoms with van der Waals surface area (Å²) in [6, 6.07) is 13.6. The van der Waals surface area contributed by atoms with Gasteiger partial charge in [0.05, 0.1) is 6.61 Å². The second kappa shape index (κ2) is 7.94. The molecule has 0 saturated carbocycles. The third-order valence-electron chi connectivity index (χ3n) is 3.49. The number of pyridine rings is 1. The number of rotatable bonds is 6. The Morgan fingerprint density at radius 3 is 2.56 bits per heavy atom. The molecule has 0 unspecified atom stereocenters. The number of benzene rings is 1. The Bertz CT molecular complexity index is 837. The van der Waals surface area contributed by atoms with Crippen LogP contribution in [0.5, 0.6) is 0 Å². The molecule has 0 bridgehead atoms. The molecule has 25 heavy (non-hydrogen) atoms. The fraction of sp³-hybridized carbons (Fsp3) is 0.222. The third-order valence-corrected chi connectivity index (χ3v) is 4.51. The average Bonchev–Trinajstić information content (AvgIpc) is 3.07. The van der Waals surface area contributed by atoms with E-state index in [4.69, 9.17) is 4.74 Å². The highest BCUT2D eigenvalue weighted by Gasteiger charge is 2.22. The topological polar surface area (TPSA) is 69.9 Å². The van der Waals surface area contributed by atoms with Crippen molar-refractivity contribution in [3.8, 4) is 17.1 Å². The molecule has 0 aliphatic rings. The SMILES string of the molecule is CCOC(=O)[C@H](C)Sc1nnc(-c2ccncc2)n1-c1ccccc1. The molecule has 6 nitrogen and oxygen atoms in total. The molecule has 0 amide bonds. The van der Waals surface area contributed by atoms with E-state index in [2.05, 4.69) is 15.2 Å². The standard InChI is InChI=1S/C18H18N4O2S/c1-3-24-17(23)13(2)25-18-21-20-16(14-9-11-19-12-10-14)22(18)15-7-5-4-6-8-15/h4-13H,3H2,1-2H3/t13-/m0/s1. The quantitative estimate of drug-likeness (QED) is 0.499. The van der Waals surface area contributed by atoms with Crippen molar-refractivity contribution in [3.05, 3.63) is 54.9 Å². The van der Waals surface area contributed by atoms with Gasteiger partial charge in [-0.3, -0.25) is 14.3 Å². The first-order valence-corrected chi connectivity index (χ1v) is 8.83. The van der Waals surface area contributed by atoms with Gasteiger partial charge >= 0.3 is 5.97 Å². The average molecular weight is 354 g/mol. The monoisotopic (exact) mass is 354 g/mol. The smallest absolute Gasteiger partial charge is 0.319 e. The number of aromatic nitrogens is 4. The number of nitrogens with zero attached hydrogens (tertiary/aromatic N) is 4. The van der Waals surface area contributed by atoms with Crippen molar-refractivity contribution in [1.29, 1.82) is 0 Å². The largest absolute Gasteiger partial charge is 0.465 e. The fourth-order valence-corrected chi connectivity index (χ4v) is 3.18. The van der Waals surface area contributed by atoms with Crippen molar-refractivity contribution in [2.75, 3.05) is 6.61 Å². The summed E-state index contributed by atoms with van der Waals surface area (Å²) in [5.41, 5.74) is 1.83. The van der Waals surface area contributed by atoms with Gasteiger partial charge < -0.3 is 4.74 Å². The molecular weight excluding hydrogens is 336 g/mol. The predicted molar refractivity (Wildman–Crippen MR) is 96.5 cm³/mol. The molecule has 0 saturated heterocycles. The van der Waals surface area contributed by atoms with Crippen molar-refractivity contribution in [2.24, 2.45) is 0 Å². The summed E-state index contributed by atoms with van der Waals surface area (Å²) in [5, 5.41) is 8.89. The van der Waals surface area contributed by atoms with Crippen LogP contribution in [0.15, 0.2) is 60.0 Å². The van der Waals surface area contributed by atoms with Crippen molar-refractivity contribution in [1.82, 2.24) is 19.7 Å².